The third kappa shape index (κ3) is 8.56. The first-order valence-corrected chi connectivity index (χ1v) is 8.17. The Kier molecular flexibility index (Phi) is 8.14. The molecule has 0 aromatic carbocycles. The molecule has 6 heteroatoms. The Bertz CT molecular complexity index is 325. The normalized spacial score (nSPS) is 22.8. The first-order valence-electron chi connectivity index (χ1n) is 8.17. The van der Waals surface area contributed by atoms with Crippen LogP contribution in [0.5, 0.6) is 0 Å². The molecular weight excluding hydrogens is 284 g/mol. The molecule has 0 spiro atoms. The molecular formula is C16H32N2O4. The van der Waals surface area contributed by atoms with Gasteiger partial charge < -0.3 is 25.2 Å². The number of rotatable bonds is 9. The average molecular weight is 316 g/mol. The zero-order chi connectivity index (χ0) is 16.6. The summed E-state index contributed by atoms with van der Waals surface area (Å²) < 4.78 is 10.4. The molecule has 0 aliphatic heterocycles. The summed E-state index contributed by atoms with van der Waals surface area (Å²) in [6.07, 6.45) is 3.12. The van der Waals surface area contributed by atoms with E-state index in [1.807, 2.05) is 20.8 Å². The number of hydrogen-bond acceptors (Lipinski definition) is 5. The molecule has 1 atom stereocenters. The van der Waals surface area contributed by atoms with Gasteiger partial charge in [0.2, 0.25) is 0 Å². The van der Waals surface area contributed by atoms with Crippen LogP contribution in [0.2, 0.25) is 0 Å². The van der Waals surface area contributed by atoms with Crippen molar-refractivity contribution in [3.05, 3.63) is 0 Å². The summed E-state index contributed by atoms with van der Waals surface area (Å²) in [6, 6.07) is 0.281. The molecule has 0 heterocycles. The van der Waals surface area contributed by atoms with E-state index in [0.717, 1.165) is 32.2 Å². The van der Waals surface area contributed by atoms with Crippen LogP contribution in [0.3, 0.4) is 0 Å². The average Bonchev–Trinajstić information content (AvgIpc) is 2.35. The Morgan fingerprint density at radius 1 is 1.36 bits per heavy atom. The van der Waals surface area contributed by atoms with Gasteiger partial charge >= 0.3 is 6.09 Å². The lowest BCUT2D eigenvalue weighted by molar-refractivity contribution is 0.0397. The van der Waals surface area contributed by atoms with Gasteiger partial charge in [0.25, 0.3) is 0 Å². The molecule has 22 heavy (non-hydrogen) atoms. The first kappa shape index (κ1) is 19.2. The van der Waals surface area contributed by atoms with Gasteiger partial charge in [-0.2, -0.15) is 0 Å². The van der Waals surface area contributed by atoms with Crippen molar-refractivity contribution in [1.82, 2.24) is 10.6 Å². The molecule has 0 bridgehead atoms. The van der Waals surface area contributed by atoms with Crippen molar-refractivity contribution in [2.75, 3.05) is 26.8 Å². The molecule has 0 aromatic heterocycles. The molecule has 0 radical (unpaired) electrons. The van der Waals surface area contributed by atoms with Gasteiger partial charge in [-0.25, -0.2) is 4.79 Å². The fourth-order valence-electron chi connectivity index (χ4n) is 2.50. The summed E-state index contributed by atoms with van der Waals surface area (Å²) >= 11 is 0. The van der Waals surface area contributed by atoms with E-state index in [1.54, 1.807) is 7.11 Å². The molecule has 1 rings (SSSR count). The van der Waals surface area contributed by atoms with Gasteiger partial charge in [0.05, 0.1) is 12.7 Å². The maximum atomic E-state index is 11.5. The van der Waals surface area contributed by atoms with E-state index in [4.69, 9.17) is 9.47 Å². The molecule has 0 aromatic rings. The number of methoxy groups -OCH3 is 1. The lowest BCUT2D eigenvalue weighted by Crippen LogP contribution is -2.42. The monoisotopic (exact) mass is 316 g/mol. The standard InChI is InChI=1S/C16H32N2O4/c1-16(2,3)22-15(20)17-7-5-6-13(11-21-4)18-10-12-8-14(19)9-12/h12-14,18-19H,5-11H2,1-4H3,(H,17,20). The topological polar surface area (TPSA) is 79.8 Å². The highest BCUT2D eigenvalue weighted by atomic mass is 16.6. The van der Waals surface area contributed by atoms with Crippen molar-refractivity contribution in [3.63, 3.8) is 0 Å². The highest BCUT2D eigenvalue weighted by molar-refractivity contribution is 5.67. The van der Waals surface area contributed by atoms with E-state index in [2.05, 4.69) is 10.6 Å². The number of carbonyl (C=O) groups excluding carboxylic acids is 1. The van der Waals surface area contributed by atoms with E-state index >= 15 is 0 Å². The second kappa shape index (κ2) is 9.33. The quantitative estimate of drug-likeness (QED) is 0.564. The summed E-state index contributed by atoms with van der Waals surface area (Å²) in [5.74, 6) is 0.578. The fourth-order valence-corrected chi connectivity index (χ4v) is 2.50. The van der Waals surface area contributed by atoms with E-state index in [1.165, 1.54) is 0 Å². The molecule has 3 N–H and O–H groups in total. The van der Waals surface area contributed by atoms with Crippen LogP contribution in [0.4, 0.5) is 4.79 Å². The molecule has 6 nitrogen and oxygen atoms in total. The highest BCUT2D eigenvalue weighted by Gasteiger charge is 2.27. The minimum atomic E-state index is -0.461. The van der Waals surface area contributed by atoms with Crippen molar-refractivity contribution in [2.24, 2.45) is 5.92 Å². The van der Waals surface area contributed by atoms with Gasteiger partial charge in [-0.05, 0) is 58.9 Å². The Hall–Kier alpha value is -0.850. The largest absolute Gasteiger partial charge is 0.444 e. The zero-order valence-electron chi connectivity index (χ0n) is 14.4. The number of aliphatic hydroxyl groups is 1. The maximum absolute atomic E-state index is 11.5. The molecule has 1 amide bonds. The molecule has 0 saturated heterocycles. The number of nitrogens with one attached hydrogen (secondary N) is 2. The zero-order valence-corrected chi connectivity index (χ0v) is 14.4. The number of alkyl carbamates (subject to hydrolysis) is 1. The Morgan fingerprint density at radius 3 is 2.59 bits per heavy atom. The van der Waals surface area contributed by atoms with Crippen LogP contribution in [0, 0.1) is 5.92 Å². The summed E-state index contributed by atoms with van der Waals surface area (Å²) in [7, 11) is 1.70. The maximum Gasteiger partial charge on any atom is 0.407 e. The van der Waals surface area contributed by atoms with E-state index in [-0.39, 0.29) is 18.2 Å². The minimum Gasteiger partial charge on any atom is -0.444 e. The van der Waals surface area contributed by atoms with Gasteiger partial charge in [0.15, 0.2) is 0 Å². The number of ether oxygens (including phenoxy) is 2. The predicted molar refractivity (Wildman–Crippen MR) is 85.9 cm³/mol. The Labute approximate surface area is 133 Å². The van der Waals surface area contributed by atoms with Gasteiger partial charge in [0.1, 0.15) is 5.60 Å². The van der Waals surface area contributed by atoms with Crippen LogP contribution in [-0.4, -0.2) is 55.8 Å². The molecule has 1 saturated carbocycles. The Balaban J connectivity index is 2.11. The van der Waals surface area contributed by atoms with Crippen molar-refractivity contribution in [1.29, 1.82) is 0 Å². The molecule has 1 aliphatic carbocycles. The van der Waals surface area contributed by atoms with Crippen LogP contribution in [0.15, 0.2) is 0 Å². The molecule has 1 fully saturated rings. The lowest BCUT2D eigenvalue weighted by atomic mass is 9.82. The van der Waals surface area contributed by atoms with Crippen molar-refractivity contribution < 1.29 is 19.4 Å². The Morgan fingerprint density at radius 2 is 2.05 bits per heavy atom. The minimum absolute atomic E-state index is 0.106. The van der Waals surface area contributed by atoms with Crippen molar-refractivity contribution in [3.8, 4) is 0 Å². The number of amides is 1. The van der Waals surface area contributed by atoms with Crippen molar-refractivity contribution in [2.45, 2.75) is 64.2 Å². The van der Waals surface area contributed by atoms with Crippen LogP contribution >= 0.6 is 0 Å². The smallest absolute Gasteiger partial charge is 0.407 e. The van der Waals surface area contributed by atoms with Crippen LogP contribution in [-0.2, 0) is 9.47 Å². The second-order valence-electron chi connectivity index (χ2n) is 7.12. The fraction of sp³-hybridized carbons (Fsp3) is 0.938. The summed E-state index contributed by atoms with van der Waals surface area (Å²) in [6.45, 7) is 7.72. The first-order chi connectivity index (χ1) is 10.3. The SMILES string of the molecule is COCC(CCCNC(=O)OC(C)(C)C)NCC1CC(O)C1. The van der Waals surface area contributed by atoms with Gasteiger partial charge in [0, 0.05) is 19.7 Å². The molecule has 130 valence electrons. The van der Waals surface area contributed by atoms with Crippen LogP contribution < -0.4 is 10.6 Å². The summed E-state index contributed by atoms with van der Waals surface area (Å²) in [5.41, 5.74) is -0.461. The molecule has 1 unspecified atom stereocenters. The van der Waals surface area contributed by atoms with E-state index < -0.39 is 5.60 Å². The predicted octanol–water partition coefficient (Wildman–Crippen LogP) is 1.67. The number of carbonyl (C=O) groups is 1. The summed E-state index contributed by atoms with van der Waals surface area (Å²) in [5, 5.41) is 15.5. The second-order valence-corrected chi connectivity index (χ2v) is 7.12. The van der Waals surface area contributed by atoms with E-state index in [9.17, 15) is 9.90 Å². The van der Waals surface area contributed by atoms with E-state index in [0.29, 0.717) is 19.1 Å². The lowest BCUT2D eigenvalue weighted by Gasteiger charge is -2.33. The summed E-state index contributed by atoms with van der Waals surface area (Å²) in [4.78, 5) is 11.5. The highest BCUT2D eigenvalue weighted by Crippen LogP contribution is 2.26. The third-order valence-electron chi connectivity index (χ3n) is 3.67. The molecule has 1 aliphatic rings. The third-order valence-corrected chi connectivity index (χ3v) is 3.67. The van der Waals surface area contributed by atoms with Crippen LogP contribution in [0.25, 0.3) is 0 Å². The number of aliphatic hydroxyl groups excluding tert-OH is 1. The van der Waals surface area contributed by atoms with Crippen LogP contribution in [0.1, 0.15) is 46.5 Å². The number of hydrogen-bond donors (Lipinski definition) is 3. The van der Waals surface area contributed by atoms with Gasteiger partial charge in [-0.3, -0.25) is 0 Å². The van der Waals surface area contributed by atoms with Gasteiger partial charge in [-0.1, -0.05) is 0 Å². The van der Waals surface area contributed by atoms with Crippen molar-refractivity contribution >= 4 is 6.09 Å². The van der Waals surface area contributed by atoms with Gasteiger partial charge in [-0.15, -0.1) is 0 Å².